The molecule has 3 atom stereocenters. The van der Waals surface area contributed by atoms with E-state index in [4.69, 9.17) is 0 Å². The van der Waals surface area contributed by atoms with E-state index in [1.807, 2.05) is 41.3 Å². The third-order valence-electron chi connectivity index (χ3n) is 5.49. The van der Waals surface area contributed by atoms with Crippen LogP contribution in [-0.4, -0.2) is 21.7 Å². The van der Waals surface area contributed by atoms with Crippen LogP contribution in [-0.2, 0) is 6.54 Å². The Hall–Kier alpha value is -2.10. The zero-order valence-corrected chi connectivity index (χ0v) is 13.5. The van der Waals surface area contributed by atoms with Crippen molar-refractivity contribution in [3.8, 4) is 11.1 Å². The summed E-state index contributed by atoms with van der Waals surface area (Å²) in [6.45, 7) is 2.93. The highest BCUT2D eigenvalue weighted by Crippen LogP contribution is 2.44. The van der Waals surface area contributed by atoms with Gasteiger partial charge in [0.1, 0.15) is 0 Å². The van der Waals surface area contributed by atoms with E-state index in [9.17, 15) is 4.79 Å². The first-order valence-corrected chi connectivity index (χ1v) is 8.66. The number of carbonyl (C=O) groups is 1. The topological polar surface area (TPSA) is 46.9 Å². The molecule has 2 bridgehead atoms. The number of nitrogens with one attached hydrogen (secondary N) is 1. The van der Waals surface area contributed by atoms with E-state index in [-0.39, 0.29) is 5.91 Å². The monoisotopic (exact) mass is 309 g/mol. The van der Waals surface area contributed by atoms with E-state index in [0.717, 1.165) is 29.2 Å². The third kappa shape index (κ3) is 2.78. The van der Waals surface area contributed by atoms with Crippen molar-refractivity contribution in [1.82, 2.24) is 15.1 Å². The van der Waals surface area contributed by atoms with Gasteiger partial charge in [-0.2, -0.15) is 5.10 Å². The second-order valence-corrected chi connectivity index (χ2v) is 6.92. The van der Waals surface area contributed by atoms with E-state index >= 15 is 0 Å². The largest absolute Gasteiger partial charge is 0.349 e. The first-order valence-electron chi connectivity index (χ1n) is 8.66. The number of nitrogens with zero attached hydrogens (tertiary/aromatic N) is 2. The number of benzene rings is 1. The highest BCUT2D eigenvalue weighted by atomic mass is 16.1. The minimum absolute atomic E-state index is 0.0679. The van der Waals surface area contributed by atoms with Gasteiger partial charge in [-0.05, 0) is 55.7 Å². The van der Waals surface area contributed by atoms with Gasteiger partial charge in [-0.3, -0.25) is 9.48 Å². The van der Waals surface area contributed by atoms with Crippen LogP contribution < -0.4 is 5.32 Å². The minimum Gasteiger partial charge on any atom is -0.349 e. The molecule has 0 spiro atoms. The van der Waals surface area contributed by atoms with Crippen LogP contribution >= 0.6 is 0 Å². The Labute approximate surface area is 136 Å². The summed E-state index contributed by atoms with van der Waals surface area (Å²) in [5.74, 6) is 1.63. The summed E-state index contributed by atoms with van der Waals surface area (Å²) in [6, 6.07) is 8.24. The van der Waals surface area contributed by atoms with E-state index in [1.165, 1.54) is 25.7 Å². The number of fused-ring (bicyclic) bond motifs is 2. The highest BCUT2D eigenvalue weighted by Gasteiger charge is 2.40. The number of amides is 1. The lowest BCUT2D eigenvalue weighted by atomic mass is 9.95. The summed E-state index contributed by atoms with van der Waals surface area (Å²) in [4.78, 5) is 12.4. The molecule has 0 aliphatic heterocycles. The van der Waals surface area contributed by atoms with Crippen LogP contribution in [0, 0.1) is 11.8 Å². The SMILES string of the molecule is CCn1cc(-c2ccc(C(=O)N[C@@H]3C[C@@H]4CC[C@H]3C4)cc2)cn1. The summed E-state index contributed by atoms with van der Waals surface area (Å²) in [6.07, 6.45) is 9.03. The number of hydrogen-bond donors (Lipinski definition) is 1. The summed E-state index contributed by atoms with van der Waals surface area (Å²) < 4.78 is 1.91. The predicted molar refractivity (Wildman–Crippen MR) is 90.0 cm³/mol. The first kappa shape index (κ1) is 14.5. The molecule has 4 rings (SSSR count). The molecule has 1 heterocycles. The number of hydrogen-bond acceptors (Lipinski definition) is 2. The van der Waals surface area contributed by atoms with Gasteiger partial charge in [0.05, 0.1) is 6.20 Å². The summed E-state index contributed by atoms with van der Waals surface area (Å²) in [5.41, 5.74) is 2.94. The Morgan fingerprint density at radius 3 is 2.65 bits per heavy atom. The van der Waals surface area contributed by atoms with Crippen LogP contribution in [0.2, 0.25) is 0 Å². The van der Waals surface area contributed by atoms with Crippen LogP contribution in [0.4, 0.5) is 0 Å². The van der Waals surface area contributed by atoms with Gasteiger partial charge in [0, 0.05) is 29.9 Å². The average Bonchev–Trinajstić information content (AvgIpc) is 3.31. The smallest absolute Gasteiger partial charge is 0.251 e. The van der Waals surface area contributed by atoms with Gasteiger partial charge in [0.15, 0.2) is 0 Å². The van der Waals surface area contributed by atoms with E-state index in [1.54, 1.807) is 0 Å². The lowest BCUT2D eigenvalue weighted by Crippen LogP contribution is -2.38. The molecule has 120 valence electrons. The Bertz CT molecular complexity index is 704. The summed E-state index contributed by atoms with van der Waals surface area (Å²) >= 11 is 0. The molecule has 1 N–H and O–H groups in total. The molecule has 2 aliphatic rings. The molecule has 0 radical (unpaired) electrons. The maximum atomic E-state index is 12.4. The van der Waals surface area contributed by atoms with Crippen molar-refractivity contribution in [3.05, 3.63) is 42.2 Å². The van der Waals surface area contributed by atoms with Crippen molar-refractivity contribution in [2.24, 2.45) is 11.8 Å². The number of carbonyl (C=O) groups excluding carboxylic acids is 1. The Morgan fingerprint density at radius 2 is 2.04 bits per heavy atom. The average molecular weight is 309 g/mol. The van der Waals surface area contributed by atoms with Crippen molar-refractivity contribution in [2.75, 3.05) is 0 Å². The molecule has 4 nitrogen and oxygen atoms in total. The molecule has 0 unspecified atom stereocenters. The summed E-state index contributed by atoms with van der Waals surface area (Å²) in [7, 11) is 0. The zero-order chi connectivity index (χ0) is 15.8. The molecule has 2 fully saturated rings. The standard InChI is InChI=1S/C19H23N3O/c1-2-22-12-17(11-20-22)14-5-7-15(8-6-14)19(23)21-18-10-13-3-4-16(18)9-13/h5-8,11-13,16,18H,2-4,9-10H2,1H3,(H,21,23)/t13-,16+,18-/m1/s1. The van der Waals surface area contributed by atoms with E-state index < -0.39 is 0 Å². The van der Waals surface area contributed by atoms with Crippen LogP contribution in [0.1, 0.15) is 43.0 Å². The van der Waals surface area contributed by atoms with E-state index in [0.29, 0.717) is 12.0 Å². The molecular weight excluding hydrogens is 286 g/mol. The number of rotatable bonds is 4. The summed E-state index contributed by atoms with van der Waals surface area (Å²) in [5, 5.41) is 7.54. The van der Waals surface area contributed by atoms with Crippen LogP contribution in [0.5, 0.6) is 0 Å². The Balaban J connectivity index is 1.44. The molecular formula is C19H23N3O. The Kier molecular flexibility index (Phi) is 3.68. The van der Waals surface area contributed by atoms with Gasteiger partial charge in [-0.25, -0.2) is 0 Å². The normalized spacial score (nSPS) is 25.7. The fourth-order valence-corrected chi connectivity index (χ4v) is 4.17. The van der Waals surface area contributed by atoms with Gasteiger partial charge in [0.2, 0.25) is 0 Å². The molecule has 1 aromatic carbocycles. The molecule has 1 aromatic heterocycles. The molecule has 0 saturated heterocycles. The molecule has 2 aliphatic carbocycles. The van der Waals surface area contributed by atoms with Crippen LogP contribution in [0.3, 0.4) is 0 Å². The molecule has 4 heteroatoms. The van der Waals surface area contributed by atoms with Crippen molar-refractivity contribution in [1.29, 1.82) is 0 Å². The minimum atomic E-state index is 0.0679. The molecule has 1 amide bonds. The van der Waals surface area contributed by atoms with Crippen molar-refractivity contribution >= 4 is 5.91 Å². The molecule has 23 heavy (non-hydrogen) atoms. The molecule has 2 saturated carbocycles. The lowest BCUT2D eigenvalue weighted by molar-refractivity contribution is 0.0923. The second-order valence-electron chi connectivity index (χ2n) is 6.92. The molecule has 2 aromatic rings. The van der Waals surface area contributed by atoms with Crippen molar-refractivity contribution in [3.63, 3.8) is 0 Å². The van der Waals surface area contributed by atoms with Crippen molar-refractivity contribution in [2.45, 2.75) is 45.2 Å². The predicted octanol–water partition coefficient (Wildman–Crippen LogP) is 3.49. The highest BCUT2D eigenvalue weighted by molar-refractivity contribution is 5.94. The number of aromatic nitrogens is 2. The zero-order valence-electron chi connectivity index (χ0n) is 13.5. The van der Waals surface area contributed by atoms with Gasteiger partial charge in [-0.1, -0.05) is 18.6 Å². The van der Waals surface area contributed by atoms with Crippen LogP contribution in [0.15, 0.2) is 36.7 Å². The number of aryl methyl sites for hydroxylation is 1. The van der Waals surface area contributed by atoms with Crippen molar-refractivity contribution < 1.29 is 4.79 Å². The Morgan fingerprint density at radius 1 is 1.22 bits per heavy atom. The maximum absolute atomic E-state index is 12.4. The first-order chi connectivity index (χ1) is 11.2. The lowest BCUT2D eigenvalue weighted by Gasteiger charge is -2.22. The fraction of sp³-hybridized carbons (Fsp3) is 0.474. The van der Waals surface area contributed by atoms with E-state index in [2.05, 4.69) is 17.3 Å². The quantitative estimate of drug-likeness (QED) is 0.940. The van der Waals surface area contributed by atoms with Crippen LogP contribution in [0.25, 0.3) is 11.1 Å². The van der Waals surface area contributed by atoms with Gasteiger partial charge < -0.3 is 5.32 Å². The maximum Gasteiger partial charge on any atom is 0.251 e. The van der Waals surface area contributed by atoms with Gasteiger partial charge in [0.25, 0.3) is 5.91 Å². The third-order valence-corrected chi connectivity index (χ3v) is 5.49. The van der Waals surface area contributed by atoms with Gasteiger partial charge >= 0.3 is 0 Å². The van der Waals surface area contributed by atoms with Gasteiger partial charge in [-0.15, -0.1) is 0 Å². The fourth-order valence-electron chi connectivity index (χ4n) is 4.17. The second kappa shape index (κ2) is 5.84.